The molecule has 0 saturated carbocycles. The fraction of sp³-hybridized carbons (Fsp3) is 0.462. The first-order valence-corrected chi connectivity index (χ1v) is 12.1. The lowest BCUT2D eigenvalue weighted by molar-refractivity contribution is -0.114. The number of piperidine rings is 1. The number of carbonyl (C=O) groups excluding carboxylic acids is 2. The lowest BCUT2D eigenvalue weighted by Gasteiger charge is -2.38. The number of aromatic nitrogens is 3. The summed E-state index contributed by atoms with van der Waals surface area (Å²) in [7, 11) is 0. The monoisotopic (exact) mass is 460 g/mol. The van der Waals surface area contributed by atoms with Gasteiger partial charge in [-0.25, -0.2) is 9.50 Å². The van der Waals surface area contributed by atoms with Gasteiger partial charge in [0, 0.05) is 44.4 Å². The first-order valence-electron chi connectivity index (χ1n) is 12.1. The third-order valence-electron chi connectivity index (χ3n) is 6.81. The Morgan fingerprint density at radius 3 is 2.65 bits per heavy atom. The predicted molar refractivity (Wildman–Crippen MR) is 132 cm³/mol. The van der Waals surface area contributed by atoms with Gasteiger partial charge in [-0.2, -0.15) is 5.10 Å². The Morgan fingerprint density at radius 2 is 1.91 bits per heavy atom. The van der Waals surface area contributed by atoms with Crippen LogP contribution in [0, 0.1) is 19.8 Å². The van der Waals surface area contributed by atoms with Crippen LogP contribution in [0.5, 0.6) is 0 Å². The Morgan fingerprint density at radius 1 is 1.12 bits per heavy atom. The Balaban J connectivity index is 1.48. The van der Waals surface area contributed by atoms with Crippen molar-refractivity contribution >= 4 is 29.0 Å². The molecule has 2 aliphatic rings. The smallest absolute Gasteiger partial charge is 0.256 e. The summed E-state index contributed by atoms with van der Waals surface area (Å²) in [5.41, 5.74) is 4.82. The highest BCUT2D eigenvalue weighted by molar-refractivity contribution is 6.03. The van der Waals surface area contributed by atoms with E-state index in [1.807, 2.05) is 40.7 Å². The van der Waals surface area contributed by atoms with Gasteiger partial charge in [-0.15, -0.1) is 0 Å². The van der Waals surface area contributed by atoms with Crippen LogP contribution in [0.4, 0.5) is 11.5 Å². The summed E-state index contributed by atoms with van der Waals surface area (Å²) < 4.78 is 1.84. The van der Waals surface area contributed by atoms with E-state index in [0.29, 0.717) is 23.7 Å². The largest absolute Gasteiger partial charge is 0.356 e. The molecule has 8 nitrogen and oxygen atoms in total. The normalized spacial score (nSPS) is 18.8. The molecule has 2 amide bonds. The summed E-state index contributed by atoms with van der Waals surface area (Å²) >= 11 is 0. The van der Waals surface area contributed by atoms with E-state index in [-0.39, 0.29) is 17.9 Å². The molecule has 1 N–H and O–H groups in total. The predicted octanol–water partition coefficient (Wildman–Crippen LogP) is 4.13. The first-order chi connectivity index (χ1) is 16.3. The number of nitrogens with one attached hydrogen (secondary N) is 1. The number of likely N-dealkylation sites (tertiary alicyclic amines) is 1. The molecule has 1 atom stereocenters. The van der Waals surface area contributed by atoms with E-state index in [2.05, 4.69) is 24.1 Å². The van der Waals surface area contributed by atoms with Gasteiger partial charge in [0.1, 0.15) is 5.82 Å². The Labute approximate surface area is 200 Å². The van der Waals surface area contributed by atoms with E-state index in [1.165, 1.54) is 6.92 Å². The minimum Gasteiger partial charge on any atom is -0.356 e. The zero-order chi connectivity index (χ0) is 24.0. The molecular formula is C26H32N6O2. The Kier molecular flexibility index (Phi) is 5.75. The molecule has 0 unspecified atom stereocenters. The number of rotatable bonds is 4. The van der Waals surface area contributed by atoms with Crippen molar-refractivity contribution in [3.63, 3.8) is 0 Å². The van der Waals surface area contributed by atoms with E-state index in [4.69, 9.17) is 10.1 Å². The van der Waals surface area contributed by atoms with Gasteiger partial charge in [-0.1, -0.05) is 18.6 Å². The molecular weight excluding hydrogens is 428 g/mol. The number of anilines is 2. The highest BCUT2D eigenvalue weighted by Gasteiger charge is 2.32. The number of carbonyl (C=O) groups is 2. The second-order valence-electron chi connectivity index (χ2n) is 9.87. The number of hydrogen-bond donors (Lipinski definition) is 1. The fourth-order valence-electron chi connectivity index (χ4n) is 5.14. The van der Waals surface area contributed by atoms with E-state index < -0.39 is 0 Å². The molecule has 0 aliphatic carbocycles. The molecule has 178 valence electrons. The topological polar surface area (TPSA) is 82.8 Å². The molecule has 2 fully saturated rings. The summed E-state index contributed by atoms with van der Waals surface area (Å²) in [6.07, 6.45) is 4.88. The maximum Gasteiger partial charge on any atom is 0.256 e. The number of nitrogens with zero attached hydrogens (tertiary/aromatic N) is 5. The van der Waals surface area contributed by atoms with Gasteiger partial charge >= 0.3 is 0 Å². The van der Waals surface area contributed by atoms with Crippen molar-refractivity contribution < 1.29 is 9.59 Å². The molecule has 2 aliphatic heterocycles. The van der Waals surface area contributed by atoms with E-state index in [9.17, 15) is 9.59 Å². The van der Waals surface area contributed by atoms with Crippen molar-refractivity contribution in [1.82, 2.24) is 19.5 Å². The summed E-state index contributed by atoms with van der Waals surface area (Å²) in [6.45, 7) is 10.5. The van der Waals surface area contributed by atoms with Gasteiger partial charge in [0.15, 0.2) is 5.65 Å². The second-order valence-corrected chi connectivity index (χ2v) is 9.87. The summed E-state index contributed by atoms with van der Waals surface area (Å²) in [4.78, 5) is 34.6. The molecule has 0 radical (unpaired) electrons. The quantitative estimate of drug-likeness (QED) is 0.633. The number of aryl methyl sites for hydroxylation is 2. The van der Waals surface area contributed by atoms with Crippen molar-refractivity contribution in [2.24, 2.45) is 5.92 Å². The van der Waals surface area contributed by atoms with Crippen LogP contribution < -0.4 is 10.2 Å². The van der Waals surface area contributed by atoms with Gasteiger partial charge in [0.2, 0.25) is 5.91 Å². The first kappa shape index (κ1) is 22.4. The average Bonchev–Trinajstić information content (AvgIpc) is 3.19. The number of fused-ring (bicyclic) bond motifs is 1. The van der Waals surface area contributed by atoms with Gasteiger partial charge < -0.3 is 15.1 Å². The van der Waals surface area contributed by atoms with Crippen molar-refractivity contribution in [3.8, 4) is 0 Å². The van der Waals surface area contributed by atoms with Gasteiger partial charge in [0.05, 0.1) is 23.0 Å². The second kappa shape index (κ2) is 8.74. The average molecular weight is 461 g/mol. The lowest BCUT2D eigenvalue weighted by atomic mass is 9.97. The van der Waals surface area contributed by atoms with Crippen LogP contribution in [0.2, 0.25) is 0 Å². The molecule has 4 heterocycles. The summed E-state index contributed by atoms with van der Waals surface area (Å²) in [5, 5.41) is 7.66. The Hall–Kier alpha value is -3.42. The third-order valence-corrected chi connectivity index (χ3v) is 6.81. The van der Waals surface area contributed by atoms with Crippen LogP contribution in [0.25, 0.3) is 5.65 Å². The van der Waals surface area contributed by atoms with Crippen molar-refractivity contribution in [3.05, 3.63) is 52.8 Å². The van der Waals surface area contributed by atoms with Crippen LogP contribution in [-0.4, -0.2) is 50.9 Å². The van der Waals surface area contributed by atoms with Gasteiger partial charge in [-0.3, -0.25) is 9.59 Å². The van der Waals surface area contributed by atoms with Crippen molar-refractivity contribution in [2.45, 2.75) is 53.0 Å². The molecule has 3 aromatic rings. The molecule has 2 saturated heterocycles. The zero-order valence-electron chi connectivity index (χ0n) is 20.3. The molecule has 2 aromatic heterocycles. The molecule has 0 bridgehead atoms. The highest BCUT2D eigenvalue weighted by atomic mass is 16.2. The highest BCUT2D eigenvalue weighted by Crippen LogP contribution is 2.34. The minimum atomic E-state index is -0.192. The minimum absolute atomic E-state index is 0.0754. The maximum absolute atomic E-state index is 13.7. The molecule has 0 spiro atoms. The summed E-state index contributed by atoms with van der Waals surface area (Å²) in [5.74, 6) is 1.45. The molecule has 1 aromatic carbocycles. The van der Waals surface area contributed by atoms with Gasteiger partial charge in [0.25, 0.3) is 5.91 Å². The number of amides is 2. The third kappa shape index (κ3) is 4.13. The summed E-state index contributed by atoms with van der Waals surface area (Å²) in [6, 6.07) is 7.46. The van der Waals surface area contributed by atoms with Crippen molar-refractivity contribution in [2.75, 3.05) is 29.9 Å². The Bertz CT molecular complexity index is 1260. The van der Waals surface area contributed by atoms with Crippen LogP contribution in [0.1, 0.15) is 66.3 Å². The fourth-order valence-corrected chi connectivity index (χ4v) is 5.14. The van der Waals surface area contributed by atoms with E-state index in [0.717, 1.165) is 60.6 Å². The van der Waals surface area contributed by atoms with E-state index >= 15 is 0 Å². The van der Waals surface area contributed by atoms with Crippen LogP contribution in [0.15, 0.2) is 30.5 Å². The van der Waals surface area contributed by atoms with Crippen LogP contribution >= 0.6 is 0 Å². The van der Waals surface area contributed by atoms with Crippen molar-refractivity contribution in [1.29, 1.82) is 0 Å². The number of benzene rings is 1. The van der Waals surface area contributed by atoms with Crippen LogP contribution in [0.3, 0.4) is 0 Å². The zero-order valence-corrected chi connectivity index (χ0v) is 20.3. The number of hydrogen-bond acceptors (Lipinski definition) is 5. The van der Waals surface area contributed by atoms with Gasteiger partial charge in [-0.05, 0) is 51.2 Å². The molecule has 5 rings (SSSR count). The van der Waals surface area contributed by atoms with Crippen LogP contribution in [-0.2, 0) is 4.79 Å². The SMILES string of the molecule is CC(=O)Nc1ccc(C)cc1C(=O)N1CCCC[C@H]1c1cc2nc(N3CC(C)C3)c(C)cn2n1. The molecule has 34 heavy (non-hydrogen) atoms. The molecule has 8 heteroatoms. The maximum atomic E-state index is 13.7. The van der Waals surface area contributed by atoms with E-state index in [1.54, 1.807) is 6.07 Å². The lowest BCUT2D eigenvalue weighted by Crippen LogP contribution is -2.46. The standard InChI is InChI=1S/C26H32N6O2/c1-16-8-9-21(27-19(4)33)20(11-16)26(34)31-10-6-5-7-23(31)22-12-24-28-25(30-13-17(2)14-30)18(3)15-32(24)29-22/h8-9,11-12,15,17,23H,5-7,10,13-14H2,1-4H3,(H,27,33)/t23-/m0/s1.